The molecule has 1 saturated carbocycles. The van der Waals surface area contributed by atoms with E-state index in [1.165, 1.54) is 18.2 Å². The van der Waals surface area contributed by atoms with Crippen LogP contribution in [-0.4, -0.2) is 24.5 Å². The molecule has 6 heteroatoms. The van der Waals surface area contributed by atoms with Gasteiger partial charge in [-0.2, -0.15) is 0 Å². The lowest BCUT2D eigenvalue weighted by atomic mass is 9.80. The molecule has 2 N–H and O–H groups in total. The van der Waals surface area contributed by atoms with E-state index in [1.807, 2.05) is 6.92 Å². The Kier molecular flexibility index (Phi) is 5.87. The molecule has 2 rings (SSSR count). The van der Waals surface area contributed by atoms with Gasteiger partial charge >= 0.3 is 0 Å². The number of carbonyl (C=O) groups is 2. The molecule has 1 fully saturated rings. The lowest BCUT2D eigenvalue weighted by Gasteiger charge is -2.32. The second-order valence-corrected chi connectivity index (χ2v) is 5.44. The van der Waals surface area contributed by atoms with E-state index < -0.39 is 17.8 Å². The van der Waals surface area contributed by atoms with Crippen molar-refractivity contribution in [2.75, 3.05) is 17.2 Å². The van der Waals surface area contributed by atoms with E-state index in [0.717, 1.165) is 25.3 Å². The van der Waals surface area contributed by atoms with Gasteiger partial charge < -0.3 is 15.4 Å². The highest BCUT2D eigenvalue weighted by atomic mass is 19.1. The van der Waals surface area contributed by atoms with Crippen LogP contribution < -0.4 is 10.6 Å². The summed E-state index contributed by atoms with van der Waals surface area (Å²) in [5, 5.41) is 5.09. The van der Waals surface area contributed by atoms with Gasteiger partial charge in [-0.25, -0.2) is 4.39 Å². The first-order chi connectivity index (χ1) is 11.0. The highest BCUT2D eigenvalue weighted by molar-refractivity contribution is 6.00. The predicted octanol–water partition coefficient (Wildman–Crippen LogP) is 3.09. The van der Waals surface area contributed by atoms with E-state index in [1.54, 1.807) is 0 Å². The maximum Gasteiger partial charge on any atom is 0.253 e. The summed E-state index contributed by atoms with van der Waals surface area (Å²) in [6, 6.07) is 4.01. The van der Waals surface area contributed by atoms with E-state index >= 15 is 0 Å². The van der Waals surface area contributed by atoms with Crippen molar-refractivity contribution >= 4 is 23.2 Å². The zero-order chi connectivity index (χ0) is 16.8. The van der Waals surface area contributed by atoms with E-state index in [-0.39, 0.29) is 17.5 Å². The van der Waals surface area contributed by atoms with Crippen LogP contribution in [-0.2, 0) is 14.3 Å². The lowest BCUT2D eigenvalue weighted by molar-refractivity contribution is -0.133. The topological polar surface area (TPSA) is 67.4 Å². The number of nitrogens with one attached hydrogen (secondary N) is 2. The third-order valence-electron chi connectivity index (χ3n) is 3.86. The number of carbonyl (C=O) groups excluding carboxylic acids is 2. The molecule has 1 aromatic carbocycles. The van der Waals surface area contributed by atoms with Crippen molar-refractivity contribution in [1.82, 2.24) is 0 Å². The maximum absolute atomic E-state index is 13.7. The van der Waals surface area contributed by atoms with Crippen LogP contribution in [0.3, 0.4) is 0 Å². The number of hydrogen-bond acceptors (Lipinski definition) is 3. The molecule has 0 aromatic heterocycles. The molecule has 0 aliphatic heterocycles. The number of halogens is 1. The van der Waals surface area contributed by atoms with Crippen molar-refractivity contribution in [3.8, 4) is 0 Å². The highest BCUT2D eigenvalue weighted by Gasteiger charge is 2.33. The van der Waals surface area contributed by atoms with Crippen molar-refractivity contribution in [3.05, 3.63) is 36.7 Å². The number of anilines is 2. The SMILES string of the molecule is C=CC(=O)Nc1cc(NC(=O)C(OCC)C2CCC2)ccc1F. The first kappa shape index (κ1) is 17.1. The van der Waals surface area contributed by atoms with Crippen LogP contribution in [0, 0.1) is 11.7 Å². The van der Waals surface area contributed by atoms with Gasteiger partial charge in [-0.1, -0.05) is 13.0 Å². The van der Waals surface area contributed by atoms with Crippen LogP contribution in [0.1, 0.15) is 26.2 Å². The monoisotopic (exact) mass is 320 g/mol. The Bertz CT molecular complexity index is 600. The average molecular weight is 320 g/mol. The van der Waals surface area contributed by atoms with Crippen LogP contribution in [0.4, 0.5) is 15.8 Å². The Balaban J connectivity index is 2.08. The summed E-state index contributed by atoms with van der Waals surface area (Å²) >= 11 is 0. The first-order valence-electron chi connectivity index (χ1n) is 7.70. The normalized spacial score (nSPS) is 15.4. The fourth-order valence-corrected chi connectivity index (χ4v) is 2.44. The summed E-state index contributed by atoms with van der Waals surface area (Å²) in [4.78, 5) is 23.7. The zero-order valence-electron chi connectivity index (χ0n) is 13.1. The molecule has 0 saturated heterocycles. The summed E-state index contributed by atoms with van der Waals surface area (Å²) in [5.41, 5.74) is 0.393. The van der Waals surface area contributed by atoms with E-state index in [4.69, 9.17) is 4.74 Å². The van der Waals surface area contributed by atoms with Gasteiger partial charge in [0.2, 0.25) is 5.91 Å². The van der Waals surface area contributed by atoms with Gasteiger partial charge in [-0.05, 0) is 50.0 Å². The van der Waals surface area contributed by atoms with Crippen LogP contribution >= 0.6 is 0 Å². The highest BCUT2D eigenvalue weighted by Crippen LogP contribution is 2.32. The van der Waals surface area contributed by atoms with Gasteiger partial charge in [0.15, 0.2) is 0 Å². The van der Waals surface area contributed by atoms with Crippen molar-refractivity contribution < 1.29 is 18.7 Å². The van der Waals surface area contributed by atoms with Crippen molar-refractivity contribution in [1.29, 1.82) is 0 Å². The Morgan fingerprint density at radius 3 is 2.74 bits per heavy atom. The summed E-state index contributed by atoms with van der Waals surface area (Å²) < 4.78 is 19.2. The first-order valence-corrected chi connectivity index (χ1v) is 7.70. The fraction of sp³-hybridized carbons (Fsp3) is 0.412. The lowest BCUT2D eigenvalue weighted by Crippen LogP contribution is -2.40. The summed E-state index contributed by atoms with van der Waals surface area (Å²) in [6.07, 6.45) is 3.61. The van der Waals surface area contributed by atoms with Crippen LogP contribution in [0.2, 0.25) is 0 Å². The Hall–Kier alpha value is -2.21. The molecule has 2 amide bonds. The molecule has 1 aliphatic rings. The third-order valence-corrected chi connectivity index (χ3v) is 3.86. The Labute approximate surface area is 134 Å². The Morgan fingerprint density at radius 1 is 1.43 bits per heavy atom. The van der Waals surface area contributed by atoms with Crippen LogP contribution in [0.5, 0.6) is 0 Å². The second kappa shape index (κ2) is 7.87. The van der Waals surface area contributed by atoms with Crippen molar-refractivity contribution in [3.63, 3.8) is 0 Å². The van der Waals surface area contributed by atoms with Gasteiger partial charge in [0, 0.05) is 12.3 Å². The molecule has 0 bridgehead atoms. The molecule has 0 radical (unpaired) electrons. The van der Waals surface area contributed by atoms with E-state index in [0.29, 0.717) is 12.3 Å². The number of hydrogen-bond donors (Lipinski definition) is 2. The predicted molar refractivity (Wildman–Crippen MR) is 86.6 cm³/mol. The molecule has 1 atom stereocenters. The number of amides is 2. The average Bonchev–Trinajstić information content (AvgIpc) is 2.48. The summed E-state index contributed by atoms with van der Waals surface area (Å²) in [7, 11) is 0. The van der Waals surface area contributed by atoms with Crippen LogP contribution in [0.15, 0.2) is 30.9 Å². The van der Waals surface area contributed by atoms with Gasteiger partial charge in [0.25, 0.3) is 5.91 Å². The quantitative estimate of drug-likeness (QED) is 0.759. The maximum atomic E-state index is 13.7. The second-order valence-electron chi connectivity index (χ2n) is 5.44. The largest absolute Gasteiger partial charge is 0.368 e. The molecular formula is C17H21FN2O3. The molecule has 23 heavy (non-hydrogen) atoms. The third kappa shape index (κ3) is 4.39. The molecule has 1 aliphatic carbocycles. The summed E-state index contributed by atoms with van der Waals surface area (Å²) in [6.45, 7) is 5.62. The van der Waals surface area contributed by atoms with Crippen molar-refractivity contribution in [2.45, 2.75) is 32.3 Å². The van der Waals surface area contributed by atoms with Gasteiger partial charge in [-0.3, -0.25) is 9.59 Å². The van der Waals surface area contributed by atoms with E-state index in [2.05, 4.69) is 17.2 Å². The van der Waals surface area contributed by atoms with Gasteiger partial charge in [-0.15, -0.1) is 0 Å². The van der Waals surface area contributed by atoms with Crippen LogP contribution in [0.25, 0.3) is 0 Å². The smallest absolute Gasteiger partial charge is 0.253 e. The fourth-order valence-electron chi connectivity index (χ4n) is 2.44. The molecule has 5 nitrogen and oxygen atoms in total. The molecular weight excluding hydrogens is 299 g/mol. The van der Waals surface area contributed by atoms with Gasteiger partial charge in [0.05, 0.1) is 5.69 Å². The molecule has 124 valence electrons. The minimum Gasteiger partial charge on any atom is -0.368 e. The van der Waals surface area contributed by atoms with Gasteiger partial charge in [0.1, 0.15) is 11.9 Å². The minimum absolute atomic E-state index is 0.00990. The summed E-state index contributed by atoms with van der Waals surface area (Å²) in [5.74, 6) is -1.12. The molecule has 1 unspecified atom stereocenters. The zero-order valence-corrected chi connectivity index (χ0v) is 13.1. The number of benzene rings is 1. The molecule has 0 spiro atoms. The number of ether oxygens (including phenoxy) is 1. The van der Waals surface area contributed by atoms with E-state index in [9.17, 15) is 14.0 Å². The molecule has 1 aromatic rings. The minimum atomic E-state index is -0.585. The Morgan fingerprint density at radius 2 is 2.17 bits per heavy atom. The number of rotatable bonds is 7. The van der Waals surface area contributed by atoms with Crippen molar-refractivity contribution in [2.24, 2.45) is 5.92 Å². The standard InChI is InChI=1S/C17H21FN2O3/c1-3-15(21)20-14-10-12(8-9-13(14)18)19-17(22)16(23-4-2)11-6-5-7-11/h3,8-11,16H,1,4-7H2,2H3,(H,19,22)(H,20,21). The molecule has 0 heterocycles.